The molecule has 0 spiro atoms. The maximum Gasteiger partial charge on any atom is 0.278 e. The molecule has 4 N–H and O–H groups in total. The van der Waals surface area contributed by atoms with Crippen LogP contribution in [0.4, 0.5) is 11.6 Å². The molecule has 0 radical (unpaired) electrons. The monoisotopic (exact) mass is 475 g/mol. The number of aliphatic hydroxyl groups is 1. The van der Waals surface area contributed by atoms with Crippen LogP contribution in [0.3, 0.4) is 0 Å². The van der Waals surface area contributed by atoms with E-state index in [9.17, 15) is 14.7 Å². The molecule has 0 fully saturated rings. The van der Waals surface area contributed by atoms with E-state index in [2.05, 4.69) is 26.8 Å². The average molecular weight is 476 g/mol. The van der Waals surface area contributed by atoms with Crippen molar-refractivity contribution in [1.82, 2.24) is 29.8 Å². The van der Waals surface area contributed by atoms with Crippen LogP contribution in [0.25, 0.3) is 16.9 Å². The lowest BCUT2D eigenvalue weighted by atomic mass is 10.1. The van der Waals surface area contributed by atoms with Gasteiger partial charge in [0.2, 0.25) is 11.9 Å². The Hall–Kier alpha value is -4.35. The van der Waals surface area contributed by atoms with Crippen molar-refractivity contribution in [2.45, 2.75) is 32.4 Å². The van der Waals surface area contributed by atoms with Crippen LogP contribution >= 0.6 is 0 Å². The molecule has 0 atom stereocenters. The summed E-state index contributed by atoms with van der Waals surface area (Å²) in [6.45, 7) is 7.23. The molecule has 4 rings (SSSR count). The fourth-order valence-corrected chi connectivity index (χ4v) is 3.55. The van der Waals surface area contributed by atoms with E-state index in [1.165, 1.54) is 10.9 Å². The van der Waals surface area contributed by atoms with Gasteiger partial charge < -0.3 is 10.4 Å². The number of nitrogens with one attached hydrogen (secondary N) is 2. The molecule has 0 saturated carbocycles. The molecule has 1 aromatic carbocycles. The van der Waals surface area contributed by atoms with Crippen molar-refractivity contribution in [1.29, 1.82) is 0 Å². The summed E-state index contributed by atoms with van der Waals surface area (Å²) in [5.41, 5.74) is 2.29. The summed E-state index contributed by atoms with van der Waals surface area (Å²) < 4.78 is 3.03. The highest BCUT2D eigenvalue weighted by atomic mass is 16.5. The van der Waals surface area contributed by atoms with E-state index >= 15 is 0 Å². The highest BCUT2D eigenvalue weighted by Gasteiger charge is 2.21. The van der Waals surface area contributed by atoms with Crippen molar-refractivity contribution in [3.05, 3.63) is 82.9 Å². The van der Waals surface area contributed by atoms with E-state index in [1.807, 2.05) is 0 Å². The van der Waals surface area contributed by atoms with Gasteiger partial charge in [0.1, 0.15) is 11.0 Å². The first-order valence-electron chi connectivity index (χ1n) is 10.8. The molecule has 0 aliphatic heterocycles. The SMILES string of the molecule is C=CCn1c(=O)c2cnc(Nc3ccc(CC(=O)NO)cc3)nc2n1-c1cccc(C(C)(C)O)n1. The molecule has 11 heteroatoms. The molecule has 0 aliphatic carbocycles. The van der Waals surface area contributed by atoms with Gasteiger partial charge in [0.25, 0.3) is 5.56 Å². The molecule has 3 heterocycles. The molecule has 35 heavy (non-hydrogen) atoms. The van der Waals surface area contributed by atoms with Gasteiger partial charge in [-0.25, -0.2) is 24.8 Å². The number of anilines is 2. The second kappa shape index (κ2) is 9.49. The Labute approximate surface area is 200 Å². The normalized spacial score (nSPS) is 11.4. The van der Waals surface area contributed by atoms with Crippen LogP contribution < -0.4 is 16.4 Å². The number of aromatic nitrogens is 5. The van der Waals surface area contributed by atoms with Crippen molar-refractivity contribution in [2.24, 2.45) is 0 Å². The lowest BCUT2D eigenvalue weighted by Crippen LogP contribution is -2.23. The minimum Gasteiger partial charge on any atom is -0.384 e. The van der Waals surface area contributed by atoms with Gasteiger partial charge in [0.05, 0.1) is 18.7 Å². The van der Waals surface area contributed by atoms with Crippen molar-refractivity contribution in [2.75, 3.05) is 5.32 Å². The summed E-state index contributed by atoms with van der Waals surface area (Å²) in [5, 5.41) is 22.5. The molecule has 3 aromatic heterocycles. The highest BCUT2D eigenvalue weighted by Crippen LogP contribution is 2.22. The maximum atomic E-state index is 13.1. The first-order chi connectivity index (χ1) is 16.7. The quantitative estimate of drug-likeness (QED) is 0.172. The Morgan fingerprint density at radius 2 is 1.91 bits per heavy atom. The Bertz CT molecular complexity index is 1450. The maximum absolute atomic E-state index is 13.1. The van der Waals surface area contributed by atoms with Crippen LogP contribution in [0.5, 0.6) is 0 Å². The second-order valence-corrected chi connectivity index (χ2v) is 8.39. The average Bonchev–Trinajstić information content (AvgIpc) is 3.11. The van der Waals surface area contributed by atoms with Crippen LogP contribution in [0.15, 0.2) is 66.1 Å². The van der Waals surface area contributed by atoms with Gasteiger partial charge >= 0.3 is 0 Å². The number of benzene rings is 1. The topological polar surface area (TPSA) is 147 Å². The van der Waals surface area contributed by atoms with Gasteiger partial charge in [-0.15, -0.1) is 6.58 Å². The predicted octanol–water partition coefficient (Wildman–Crippen LogP) is 2.18. The fourth-order valence-electron chi connectivity index (χ4n) is 3.55. The smallest absolute Gasteiger partial charge is 0.278 e. The van der Waals surface area contributed by atoms with E-state index < -0.39 is 11.5 Å². The molecule has 180 valence electrons. The first-order valence-corrected chi connectivity index (χ1v) is 10.8. The minimum atomic E-state index is -1.17. The largest absolute Gasteiger partial charge is 0.384 e. The number of fused-ring (bicyclic) bond motifs is 1. The molecule has 1 amide bonds. The Morgan fingerprint density at radius 3 is 2.57 bits per heavy atom. The van der Waals surface area contributed by atoms with Crippen molar-refractivity contribution in [3.63, 3.8) is 0 Å². The van der Waals surface area contributed by atoms with Crippen LogP contribution in [-0.4, -0.2) is 40.5 Å². The van der Waals surface area contributed by atoms with Gasteiger partial charge in [0.15, 0.2) is 11.5 Å². The third-order valence-corrected chi connectivity index (χ3v) is 5.26. The number of nitrogens with zero attached hydrogens (tertiary/aromatic N) is 5. The van der Waals surface area contributed by atoms with E-state index in [0.29, 0.717) is 33.8 Å². The zero-order valence-corrected chi connectivity index (χ0v) is 19.3. The van der Waals surface area contributed by atoms with Crippen LogP contribution in [0.2, 0.25) is 0 Å². The van der Waals surface area contributed by atoms with E-state index in [4.69, 9.17) is 5.21 Å². The Kier molecular flexibility index (Phi) is 6.45. The van der Waals surface area contributed by atoms with Crippen molar-refractivity contribution >= 4 is 28.6 Å². The van der Waals surface area contributed by atoms with Crippen LogP contribution in [0.1, 0.15) is 25.1 Å². The van der Waals surface area contributed by atoms with Crippen molar-refractivity contribution < 1.29 is 15.1 Å². The lowest BCUT2D eigenvalue weighted by molar-refractivity contribution is -0.128. The van der Waals surface area contributed by atoms with Crippen LogP contribution in [0, 0.1) is 0 Å². The van der Waals surface area contributed by atoms with Gasteiger partial charge in [-0.3, -0.25) is 14.8 Å². The van der Waals surface area contributed by atoms with Crippen molar-refractivity contribution in [3.8, 4) is 5.82 Å². The molecule has 11 nitrogen and oxygen atoms in total. The highest BCUT2D eigenvalue weighted by molar-refractivity contribution is 5.78. The number of allylic oxidation sites excluding steroid dienone is 1. The summed E-state index contributed by atoms with van der Waals surface area (Å²) >= 11 is 0. The summed E-state index contributed by atoms with van der Waals surface area (Å²) in [5.74, 6) is 0.153. The molecule has 0 bridgehead atoms. The molecular weight excluding hydrogens is 450 g/mol. The molecule has 4 aromatic rings. The van der Waals surface area contributed by atoms with Gasteiger partial charge in [-0.1, -0.05) is 24.3 Å². The third-order valence-electron chi connectivity index (χ3n) is 5.26. The Balaban J connectivity index is 1.76. The standard InChI is InChI=1S/C24H25N7O4/c1-4-12-30-22(33)17-14-25-23(26-16-10-8-15(9-11-16)13-20(32)29-35)28-21(17)31(30)19-7-5-6-18(27-19)24(2,3)34/h4-11,14,34-35H,1,12-13H2,2-3H3,(H,29,32)(H,25,26,28). The number of hydrogen-bond donors (Lipinski definition) is 4. The van der Waals surface area contributed by atoms with E-state index in [-0.39, 0.29) is 24.5 Å². The molecule has 0 unspecified atom stereocenters. The number of pyridine rings is 1. The zero-order valence-electron chi connectivity index (χ0n) is 19.3. The second-order valence-electron chi connectivity index (χ2n) is 8.39. The van der Waals surface area contributed by atoms with Gasteiger partial charge in [-0.05, 0) is 43.7 Å². The fraction of sp³-hybridized carbons (Fsp3) is 0.208. The van der Waals surface area contributed by atoms with Gasteiger partial charge in [0, 0.05) is 11.9 Å². The number of carbonyl (C=O) groups is 1. The molecule has 0 saturated heterocycles. The summed E-state index contributed by atoms with van der Waals surface area (Å²) in [6, 6.07) is 12.2. The summed E-state index contributed by atoms with van der Waals surface area (Å²) in [7, 11) is 0. The summed E-state index contributed by atoms with van der Waals surface area (Å²) in [6.07, 6.45) is 3.09. The van der Waals surface area contributed by atoms with E-state index in [1.54, 1.807) is 72.5 Å². The third kappa shape index (κ3) is 4.95. The number of amides is 1. The number of hydroxylamine groups is 1. The zero-order chi connectivity index (χ0) is 25.2. The lowest BCUT2D eigenvalue weighted by Gasteiger charge is -2.18. The van der Waals surface area contributed by atoms with Gasteiger partial charge in [-0.2, -0.15) is 4.98 Å². The minimum absolute atomic E-state index is 0.0407. The van der Waals surface area contributed by atoms with E-state index in [0.717, 1.165) is 0 Å². The number of rotatable bonds is 8. The predicted molar refractivity (Wildman–Crippen MR) is 130 cm³/mol. The Morgan fingerprint density at radius 1 is 1.17 bits per heavy atom. The van der Waals surface area contributed by atoms with Crippen LogP contribution in [-0.2, 0) is 23.4 Å². The first kappa shape index (κ1) is 23.8. The number of hydrogen-bond acceptors (Lipinski definition) is 8. The number of carbonyl (C=O) groups excluding carboxylic acids is 1. The molecule has 0 aliphatic rings. The molecular formula is C24H25N7O4. The summed E-state index contributed by atoms with van der Waals surface area (Å²) in [4.78, 5) is 37.8.